The molecule has 0 aromatic heterocycles. The molecule has 0 fully saturated rings. The molecule has 0 saturated carbocycles. The van der Waals surface area contributed by atoms with Crippen LogP contribution in [0.5, 0.6) is 0 Å². The maximum Gasteiger partial charge on any atom is 0.349 e. The van der Waals surface area contributed by atoms with Crippen LogP contribution < -0.4 is 5.73 Å². The number of aliphatic hydroxyl groups is 1. The van der Waals surface area contributed by atoms with Gasteiger partial charge in [-0.2, -0.15) is 5.10 Å². The van der Waals surface area contributed by atoms with Crippen molar-refractivity contribution in [1.29, 1.82) is 0 Å². The van der Waals surface area contributed by atoms with E-state index in [1.807, 2.05) is 30.3 Å². The van der Waals surface area contributed by atoms with E-state index in [4.69, 9.17) is 15.2 Å². The molecule has 0 radical (unpaired) electrons. The van der Waals surface area contributed by atoms with Crippen LogP contribution in [0.3, 0.4) is 0 Å². The van der Waals surface area contributed by atoms with Crippen molar-refractivity contribution in [3.05, 3.63) is 47.4 Å². The van der Waals surface area contributed by atoms with Crippen molar-refractivity contribution in [2.45, 2.75) is 13.8 Å². The number of benzene rings is 1. The van der Waals surface area contributed by atoms with Crippen molar-refractivity contribution in [3.63, 3.8) is 0 Å². The monoisotopic (exact) mass is 305 g/mol. The van der Waals surface area contributed by atoms with Crippen LogP contribution in [0.1, 0.15) is 19.4 Å². The molecule has 3 N–H and O–H groups in total. The van der Waals surface area contributed by atoms with Crippen molar-refractivity contribution in [3.8, 4) is 0 Å². The number of hydrogen-bond acceptors (Lipinski definition) is 6. The standard InChI is InChI=1S/C15H19N3O4/c1-3-21-14(19)12(15(20)22-4-2)13(16)18-17-10-11-8-6-5-7-9-11/h5-10,19H,3-4H2,1-2H3,(H2,16,18)/b14-12?,17-10+. The third kappa shape index (κ3) is 5.28. The highest BCUT2D eigenvalue weighted by Gasteiger charge is 2.22. The molecule has 0 heterocycles. The van der Waals surface area contributed by atoms with Crippen LogP contribution >= 0.6 is 0 Å². The lowest BCUT2D eigenvalue weighted by Gasteiger charge is -2.08. The van der Waals surface area contributed by atoms with E-state index in [2.05, 4.69) is 10.2 Å². The van der Waals surface area contributed by atoms with Gasteiger partial charge < -0.3 is 20.3 Å². The number of esters is 1. The van der Waals surface area contributed by atoms with Crippen LogP contribution in [0.2, 0.25) is 0 Å². The Labute approximate surface area is 128 Å². The van der Waals surface area contributed by atoms with Gasteiger partial charge in [-0.15, -0.1) is 5.10 Å². The second-order valence-electron chi connectivity index (χ2n) is 3.97. The van der Waals surface area contributed by atoms with Gasteiger partial charge in [0.25, 0.3) is 5.95 Å². The second-order valence-corrected chi connectivity index (χ2v) is 3.97. The lowest BCUT2D eigenvalue weighted by Crippen LogP contribution is -2.25. The summed E-state index contributed by atoms with van der Waals surface area (Å²) in [6, 6.07) is 9.22. The summed E-state index contributed by atoms with van der Waals surface area (Å²) in [7, 11) is 0. The Morgan fingerprint density at radius 2 is 1.86 bits per heavy atom. The molecule has 7 heteroatoms. The fourth-order valence-electron chi connectivity index (χ4n) is 1.46. The first-order valence-electron chi connectivity index (χ1n) is 6.75. The number of carbonyl (C=O) groups is 1. The zero-order chi connectivity index (χ0) is 16.4. The number of nitrogens with zero attached hydrogens (tertiary/aromatic N) is 2. The van der Waals surface area contributed by atoms with Crippen LogP contribution in [0.15, 0.2) is 52.1 Å². The summed E-state index contributed by atoms with van der Waals surface area (Å²) < 4.78 is 9.69. The Hall–Kier alpha value is -2.83. The van der Waals surface area contributed by atoms with Gasteiger partial charge in [0.2, 0.25) is 0 Å². The number of nitrogens with two attached hydrogens (primary N) is 1. The molecule has 1 aromatic rings. The summed E-state index contributed by atoms with van der Waals surface area (Å²) in [5.74, 6) is -1.77. The van der Waals surface area contributed by atoms with Gasteiger partial charge in [-0.05, 0) is 19.4 Å². The van der Waals surface area contributed by atoms with Crippen molar-refractivity contribution in [2.24, 2.45) is 15.9 Å². The van der Waals surface area contributed by atoms with E-state index in [-0.39, 0.29) is 24.6 Å². The van der Waals surface area contributed by atoms with Gasteiger partial charge in [-0.25, -0.2) is 4.79 Å². The summed E-state index contributed by atoms with van der Waals surface area (Å²) >= 11 is 0. The Kier molecular flexibility index (Phi) is 7.18. The quantitative estimate of drug-likeness (QED) is 0.199. The van der Waals surface area contributed by atoms with E-state index in [0.29, 0.717) is 0 Å². The molecule has 118 valence electrons. The average Bonchev–Trinajstić information content (AvgIpc) is 2.49. The number of amidine groups is 1. The first kappa shape index (κ1) is 17.2. The lowest BCUT2D eigenvalue weighted by atomic mass is 10.2. The Bertz CT molecular complexity index is 580. The highest BCUT2D eigenvalue weighted by molar-refractivity contribution is 6.18. The fourth-order valence-corrected chi connectivity index (χ4v) is 1.46. The molecule has 7 nitrogen and oxygen atoms in total. The summed E-state index contributed by atoms with van der Waals surface area (Å²) in [5, 5.41) is 17.2. The minimum Gasteiger partial charge on any atom is -0.480 e. The van der Waals surface area contributed by atoms with Crippen LogP contribution in [0.4, 0.5) is 0 Å². The Morgan fingerprint density at radius 1 is 1.23 bits per heavy atom. The van der Waals surface area contributed by atoms with Gasteiger partial charge in [-0.1, -0.05) is 30.3 Å². The molecule has 0 bridgehead atoms. The summed E-state index contributed by atoms with van der Waals surface area (Å²) in [5.41, 5.74) is 6.14. The molecule has 22 heavy (non-hydrogen) atoms. The minimum atomic E-state index is -0.829. The van der Waals surface area contributed by atoms with Gasteiger partial charge in [0.1, 0.15) is 0 Å². The van der Waals surface area contributed by atoms with E-state index in [1.54, 1.807) is 13.8 Å². The number of carbonyl (C=O) groups excluding carboxylic acids is 1. The van der Waals surface area contributed by atoms with Gasteiger partial charge in [-0.3, -0.25) is 0 Å². The Morgan fingerprint density at radius 3 is 2.45 bits per heavy atom. The first-order valence-corrected chi connectivity index (χ1v) is 6.75. The second kappa shape index (κ2) is 9.17. The maximum absolute atomic E-state index is 11.8. The smallest absolute Gasteiger partial charge is 0.349 e. The summed E-state index contributed by atoms with van der Waals surface area (Å²) in [6.07, 6.45) is 1.47. The first-order chi connectivity index (χ1) is 10.6. The van der Waals surface area contributed by atoms with E-state index in [0.717, 1.165) is 5.56 Å². The van der Waals surface area contributed by atoms with Crippen LogP contribution in [0, 0.1) is 0 Å². The minimum absolute atomic E-state index is 0.127. The van der Waals surface area contributed by atoms with Gasteiger partial charge in [0.05, 0.1) is 19.4 Å². The van der Waals surface area contributed by atoms with Crippen LogP contribution in [-0.4, -0.2) is 36.3 Å². The SMILES string of the molecule is CCOC(=O)C(C(N)=N/N=C/c1ccccc1)=C(O)OCC. The van der Waals surface area contributed by atoms with Crippen molar-refractivity contribution in [1.82, 2.24) is 0 Å². The molecule has 0 aliphatic heterocycles. The summed E-state index contributed by atoms with van der Waals surface area (Å²) in [4.78, 5) is 11.8. The number of hydrogen-bond donors (Lipinski definition) is 2. The highest BCUT2D eigenvalue weighted by Crippen LogP contribution is 2.07. The normalized spacial score (nSPS) is 12.9. The lowest BCUT2D eigenvalue weighted by molar-refractivity contribution is -0.138. The fraction of sp³-hybridized carbons (Fsp3) is 0.267. The highest BCUT2D eigenvalue weighted by atomic mass is 16.6. The third-order valence-corrected chi connectivity index (χ3v) is 2.40. The molecule has 0 saturated heterocycles. The molecule has 0 atom stereocenters. The molecule has 1 rings (SSSR count). The average molecular weight is 305 g/mol. The van der Waals surface area contributed by atoms with Gasteiger partial charge in [0.15, 0.2) is 11.4 Å². The van der Waals surface area contributed by atoms with E-state index < -0.39 is 11.9 Å². The van der Waals surface area contributed by atoms with Gasteiger partial charge >= 0.3 is 5.97 Å². The molecule has 0 amide bonds. The zero-order valence-corrected chi connectivity index (χ0v) is 12.5. The van der Waals surface area contributed by atoms with Crippen LogP contribution in [-0.2, 0) is 14.3 Å². The molecule has 0 spiro atoms. The van der Waals surface area contributed by atoms with Crippen molar-refractivity contribution in [2.75, 3.05) is 13.2 Å². The molecular formula is C15H19N3O4. The molecular weight excluding hydrogens is 286 g/mol. The predicted octanol–water partition coefficient (Wildman–Crippen LogP) is 1.75. The Balaban J connectivity index is 2.98. The predicted molar refractivity (Wildman–Crippen MR) is 83.6 cm³/mol. The number of aliphatic hydroxyl groups excluding tert-OH is 1. The molecule has 1 aromatic carbocycles. The molecule has 0 aliphatic rings. The van der Waals surface area contributed by atoms with E-state index in [1.165, 1.54) is 6.21 Å². The van der Waals surface area contributed by atoms with E-state index in [9.17, 15) is 9.90 Å². The number of rotatable bonds is 7. The maximum atomic E-state index is 11.8. The molecule has 0 aliphatic carbocycles. The van der Waals surface area contributed by atoms with Crippen molar-refractivity contribution >= 4 is 18.0 Å². The molecule has 0 unspecified atom stereocenters. The van der Waals surface area contributed by atoms with Crippen LogP contribution in [0.25, 0.3) is 0 Å². The topological polar surface area (TPSA) is 107 Å². The summed E-state index contributed by atoms with van der Waals surface area (Å²) in [6.45, 7) is 3.58. The van der Waals surface area contributed by atoms with E-state index >= 15 is 0 Å². The van der Waals surface area contributed by atoms with Crippen molar-refractivity contribution < 1.29 is 19.4 Å². The number of ether oxygens (including phenoxy) is 2. The van der Waals surface area contributed by atoms with Gasteiger partial charge in [0, 0.05) is 0 Å². The third-order valence-electron chi connectivity index (χ3n) is 2.40. The zero-order valence-electron chi connectivity index (χ0n) is 12.5. The largest absolute Gasteiger partial charge is 0.480 e.